The van der Waals surface area contributed by atoms with E-state index in [1.807, 2.05) is 19.1 Å². The van der Waals surface area contributed by atoms with E-state index in [-0.39, 0.29) is 35.8 Å². The highest BCUT2D eigenvalue weighted by atomic mass is 16.2. The summed E-state index contributed by atoms with van der Waals surface area (Å²) in [6, 6.07) is 10.4. The van der Waals surface area contributed by atoms with Gasteiger partial charge in [-0.15, -0.1) is 0 Å². The molecule has 3 aromatic rings. The zero-order valence-electron chi connectivity index (χ0n) is 19.8. The third-order valence-electron chi connectivity index (χ3n) is 6.96. The van der Waals surface area contributed by atoms with Crippen LogP contribution in [0.5, 0.6) is 0 Å². The Kier molecular flexibility index (Phi) is 6.41. The zero-order valence-corrected chi connectivity index (χ0v) is 19.8. The first kappa shape index (κ1) is 23.5. The summed E-state index contributed by atoms with van der Waals surface area (Å²) in [5, 5.41) is 3.38. The molecule has 0 unspecified atom stereocenters. The first-order valence-electron chi connectivity index (χ1n) is 11.6. The molecule has 3 N–H and O–H groups in total. The van der Waals surface area contributed by atoms with Crippen molar-refractivity contribution in [1.29, 1.82) is 0 Å². The number of rotatable bonds is 7. The molecule has 34 heavy (non-hydrogen) atoms. The summed E-state index contributed by atoms with van der Waals surface area (Å²) in [6.45, 7) is 3.60. The van der Waals surface area contributed by atoms with Gasteiger partial charge in [0, 0.05) is 24.3 Å². The smallest absolute Gasteiger partial charge is 0.268 e. The second kappa shape index (κ2) is 9.29. The summed E-state index contributed by atoms with van der Waals surface area (Å²) in [5.41, 5.74) is 8.05. The van der Waals surface area contributed by atoms with Crippen LogP contribution in [-0.4, -0.2) is 32.8 Å². The van der Waals surface area contributed by atoms with Crippen molar-refractivity contribution in [2.45, 2.75) is 52.1 Å². The number of aromatic nitrogens is 2. The van der Waals surface area contributed by atoms with Crippen molar-refractivity contribution >= 4 is 28.5 Å². The predicted molar refractivity (Wildman–Crippen MR) is 130 cm³/mol. The Morgan fingerprint density at radius 2 is 1.85 bits per heavy atom. The van der Waals surface area contributed by atoms with E-state index in [2.05, 4.69) is 5.32 Å². The minimum Gasteiger partial charge on any atom is -0.369 e. The Hall–Kier alpha value is -3.68. The summed E-state index contributed by atoms with van der Waals surface area (Å²) in [7, 11) is 1.75. The fourth-order valence-electron chi connectivity index (χ4n) is 5.15. The predicted octanol–water partition coefficient (Wildman–Crippen LogP) is 2.48. The summed E-state index contributed by atoms with van der Waals surface area (Å²) < 4.78 is 3.23. The van der Waals surface area contributed by atoms with Crippen molar-refractivity contribution < 1.29 is 14.4 Å². The van der Waals surface area contributed by atoms with E-state index in [9.17, 15) is 19.2 Å². The number of nitrogens with two attached hydrogens (primary N) is 1. The summed E-state index contributed by atoms with van der Waals surface area (Å²) in [5.74, 6) is -1.28. The molecular formula is C26H30N4O4. The largest absolute Gasteiger partial charge is 0.369 e. The monoisotopic (exact) mass is 462 g/mol. The summed E-state index contributed by atoms with van der Waals surface area (Å²) in [6.07, 6.45) is 2.74. The molecule has 0 saturated heterocycles. The lowest BCUT2D eigenvalue weighted by Crippen LogP contribution is -2.42. The number of aryl methyl sites for hydroxylation is 3. The van der Waals surface area contributed by atoms with Gasteiger partial charge in [-0.05, 0) is 37.8 Å². The van der Waals surface area contributed by atoms with Gasteiger partial charge in [0.05, 0.1) is 23.4 Å². The van der Waals surface area contributed by atoms with E-state index in [1.165, 1.54) is 4.57 Å². The van der Waals surface area contributed by atoms with Crippen LogP contribution in [0, 0.1) is 12.8 Å². The fraction of sp³-hybridized carbons (Fsp3) is 0.385. The molecule has 8 heteroatoms. The van der Waals surface area contributed by atoms with Gasteiger partial charge in [-0.3, -0.25) is 19.2 Å². The molecule has 0 radical (unpaired) electrons. The number of Topliss-reactive ketones (excluding diaryl/α,β-unsaturated/α-hetero) is 1. The van der Waals surface area contributed by atoms with Crippen molar-refractivity contribution in [2.75, 3.05) is 0 Å². The molecular weight excluding hydrogens is 432 g/mol. The van der Waals surface area contributed by atoms with Crippen molar-refractivity contribution in [3.8, 4) is 0 Å². The molecule has 1 saturated carbocycles. The van der Waals surface area contributed by atoms with Crippen LogP contribution in [-0.2, 0) is 24.8 Å². The van der Waals surface area contributed by atoms with Gasteiger partial charge in [0.1, 0.15) is 5.69 Å². The van der Waals surface area contributed by atoms with Gasteiger partial charge < -0.3 is 20.2 Å². The van der Waals surface area contributed by atoms with Crippen LogP contribution in [0.1, 0.15) is 58.3 Å². The third kappa shape index (κ3) is 4.04. The number of hydrogen-bond acceptors (Lipinski definition) is 4. The van der Waals surface area contributed by atoms with Crippen LogP contribution < -0.4 is 16.6 Å². The van der Waals surface area contributed by atoms with Crippen molar-refractivity contribution in [1.82, 2.24) is 14.5 Å². The molecule has 2 aromatic heterocycles. The molecule has 0 spiro atoms. The van der Waals surface area contributed by atoms with Crippen LogP contribution in [0.4, 0.5) is 0 Å². The van der Waals surface area contributed by atoms with E-state index in [1.54, 1.807) is 42.8 Å². The van der Waals surface area contributed by atoms with Crippen molar-refractivity contribution in [3.63, 3.8) is 0 Å². The van der Waals surface area contributed by atoms with Gasteiger partial charge in [-0.1, -0.05) is 43.7 Å². The fourth-order valence-corrected chi connectivity index (χ4v) is 5.15. The SMILES string of the molecule is CCc1cc2c(c(C)c(C(=O)N[C@H]3CCC[C@H]3C(N)=O)n2C)c(=O)n1CC(=O)c1ccccc1. The van der Waals surface area contributed by atoms with Gasteiger partial charge in [-0.2, -0.15) is 0 Å². The number of nitrogens with one attached hydrogen (secondary N) is 1. The molecule has 1 aromatic carbocycles. The standard InChI is InChI=1S/C26H30N4O4/c1-4-17-13-20-22(26(34)30(17)14-21(31)16-9-6-5-7-10-16)15(2)23(29(20)3)25(33)28-19-12-8-11-18(19)24(27)32/h5-7,9-10,13,18-19H,4,8,11-12,14H2,1-3H3,(H2,27,32)(H,28,33)/t18-,19+/m1/s1. The van der Waals surface area contributed by atoms with Gasteiger partial charge >= 0.3 is 0 Å². The van der Waals surface area contributed by atoms with Crippen molar-refractivity contribution in [3.05, 3.63) is 69.3 Å². The quantitative estimate of drug-likeness (QED) is 0.525. The maximum atomic E-state index is 13.6. The van der Waals surface area contributed by atoms with Gasteiger partial charge in [0.15, 0.2) is 5.78 Å². The molecule has 0 bridgehead atoms. The first-order valence-corrected chi connectivity index (χ1v) is 11.6. The maximum absolute atomic E-state index is 13.6. The topological polar surface area (TPSA) is 116 Å². The number of carbonyl (C=O) groups is 3. The Bertz CT molecular complexity index is 1340. The Labute approximate surface area is 197 Å². The minimum absolute atomic E-state index is 0.0693. The van der Waals surface area contributed by atoms with E-state index >= 15 is 0 Å². The number of nitrogens with zero attached hydrogens (tertiary/aromatic N) is 2. The van der Waals surface area contributed by atoms with Crippen molar-refractivity contribution in [2.24, 2.45) is 18.7 Å². The van der Waals surface area contributed by atoms with Crippen LogP contribution in [0.2, 0.25) is 0 Å². The van der Waals surface area contributed by atoms with E-state index < -0.39 is 5.91 Å². The molecule has 2 heterocycles. The molecule has 4 rings (SSSR count). The van der Waals surface area contributed by atoms with Crippen LogP contribution in [0.25, 0.3) is 10.9 Å². The first-order chi connectivity index (χ1) is 16.2. The number of carbonyl (C=O) groups excluding carboxylic acids is 3. The van der Waals surface area contributed by atoms with Gasteiger partial charge in [0.2, 0.25) is 5.91 Å². The lowest BCUT2D eigenvalue weighted by atomic mass is 10.0. The molecule has 8 nitrogen and oxygen atoms in total. The van der Waals surface area contributed by atoms with E-state index in [4.69, 9.17) is 5.73 Å². The molecule has 2 amide bonds. The van der Waals surface area contributed by atoms with Crippen LogP contribution in [0.15, 0.2) is 41.2 Å². The number of fused-ring (bicyclic) bond motifs is 1. The molecule has 0 aliphatic heterocycles. The lowest BCUT2D eigenvalue weighted by Gasteiger charge is -2.19. The Balaban J connectivity index is 1.74. The zero-order chi connectivity index (χ0) is 24.6. The average Bonchev–Trinajstić information content (AvgIpc) is 3.38. The summed E-state index contributed by atoms with van der Waals surface area (Å²) >= 11 is 0. The van der Waals surface area contributed by atoms with E-state index in [0.717, 1.165) is 12.1 Å². The highest BCUT2D eigenvalue weighted by molar-refractivity contribution is 6.02. The minimum atomic E-state index is -0.407. The maximum Gasteiger partial charge on any atom is 0.268 e. The second-order valence-electron chi connectivity index (χ2n) is 8.98. The number of pyridine rings is 1. The third-order valence-corrected chi connectivity index (χ3v) is 6.96. The number of benzene rings is 1. The number of ketones is 1. The number of primary amides is 1. The van der Waals surface area contributed by atoms with Crippen LogP contribution >= 0.6 is 0 Å². The number of amides is 2. The molecule has 178 valence electrons. The number of hydrogen-bond donors (Lipinski definition) is 2. The highest BCUT2D eigenvalue weighted by Crippen LogP contribution is 2.27. The van der Waals surface area contributed by atoms with Gasteiger partial charge in [0.25, 0.3) is 11.5 Å². The Morgan fingerprint density at radius 3 is 2.50 bits per heavy atom. The average molecular weight is 463 g/mol. The molecule has 1 aliphatic carbocycles. The molecule has 1 aliphatic rings. The second-order valence-corrected chi connectivity index (χ2v) is 8.98. The van der Waals surface area contributed by atoms with Gasteiger partial charge in [-0.25, -0.2) is 0 Å². The highest BCUT2D eigenvalue weighted by Gasteiger charge is 2.34. The molecule has 2 atom stereocenters. The summed E-state index contributed by atoms with van der Waals surface area (Å²) in [4.78, 5) is 51.4. The normalized spacial score (nSPS) is 17.7. The Morgan fingerprint density at radius 1 is 1.15 bits per heavy atom. The molecule has 1 fully saturated rings. The lowest BCUT2D eigenvalue weighted by molar-refractivity contribution is -0.122. The van der Waals surface area contributed by atoms with Crippen LogP contribution in [0.3, 0.4) is 0 Å². The van der Waals surface area contributed by atoms with E-state index in [0.29, 0.717) is 47.0 Å².